The summed E-state index contributed by atoms with van der Waals surface area (Å²) in [5, 5.41) is 3.66. The van der Waals surface area contributed by atoms with Crippen molar-refractivity contribution < 1.29 is 14.3 Å². The molecule has 2 aromatic rings. The molecule has 0 spiro atoms. The molecule has 0 radical (unpaired) electrons. The van der Waals surface area contributed by atoms with Crippen LogP contribution < -0.4 is 10.1 Å². The molecule has 0 aliphatic carbocycles. The summed E-state index contributed by atoms with van der Waals surface area (Å²) in [6.07, 6.45) is 0. The van der Waals surface area contributed by atoms with Gasteiger partial charge in [-0.15, -0.1) is 0 Å². The third-order valence-electron chi connectivity index (χ3n) is 4.47. The lowest BCUT2D eigenvalue weighted by atomic mass is 10.0. The number of amides is 2. The topological polar surface area (TPSA) is 58.6 Å². The quantitative estimate of drug-likeness (QED) is 0.727. The van der Waals surface area contributed by atoms with Gasteiger partial charge in [0.1, 0.15) is 11.4 Å². The largest absolute Gasteiger partial charge is 0.493 e. The lowest BCUT2D eigenvalue weighted by Crippen LogP contribution is -2.28. The summed E-state index contributed by atoms with van der Waals surface area (Å²) in [6.45, 7) is 6.68. The zero-order valence-electron chi connectivity index (χ0n) is 16.4. The molecule has 1 N–H and O–H groups in total. The van der Waals surface area contributed by atoms with Gasteiger partial charge in [0, 0.05) is 17.8 Å². The predicted octanol–water partition coefficient (Wildman–Crippen LogP) is 4.51. The fraction of sp³-hybridized carbons (Fsp3) is 0.273. The summed E-state index contributed by atoms with van der Waals surface area (Å²) in [5.74, 6) is 0.424. The standard InChI is InChI=1S/C22H23ClN2O3/c1-13(2)12-28-17-9-6-15(7-10-17)19-20(22(27)25(4)21(19)26)24-18-11-16(23)8-5-14(18)3/h5-11,13,24H,12H2,1-4H3. The molecule has 0 fully saturated rings. The van der Waals surface area contributed by atoms with E-state index in [0.29, 0.717) is 34.4 Å². The number of rotatable bonds is 6. The van der Waals surface area contributed by atoms with E-state index >= 15 is 0 Å². The average molecular weight is 399 g/mol. The molecular weight excluding hydrogens is 376 g/mol. The smallest absolute Gasteiger partial charge is 0.277 e. The number of nitrogens with zero attached hydrogens (tertiary/aromatic N) is 1. The number of carbonyl (C=O) groups is 2. The molecule has 0 saturated heterocycles. The van der Waals surface area contributed by atoms with E-state index in [1.54, 1.807) is 24.3 Å². The Hall–Kier alpha value is -2.79. The van der Waals surface area contributed by atoms with E-state index in [1.165, 1.54) is 7.05 Å². The summed E-state index contributed by atoms with van der Waals surface area (Å²) in [6, 6.07) is 12.6. The van der Waals surface area contributed by atoms with Gasteiger partial charge in [0.25, 0.3) is 11.8 Å². The second-order valence-corrected chi connectivity index (χ2v) is 7.67. The number of halogens is 1. The first-order valence-electron chi connectivity index (χ1n) is 9.11. The van der Waals surface area contributed by atoms with Gasteiger partial charge in [-0.3, -0.25) is 14.5 Å². The Bertz CT molecular complexity index is 949. The summed E-state index contributed by atoms with van der Waals surface area (Å²) in [5.41, 5.74) is 2.84. The molecule has 0 aromatic heterocycles. The average Bonchev–Trinajstić information content (AvgIpc) is 2.87. The van der Waals surface area contributed by atoms with Gasteiger partial charge in [-0.2, -0.15) is 0 Å². The molecule has 0 unspecified atom stereocenters. The zero-order chi connectivity index (χ0) is 20.4. The Kier molecular flexibility index (Phi) is 5.75. The molecule has 2 amide bonds. The van der Waals surface area contributed by atoms with E-state index in [2.05, 4.69) is 19.2 Å². The van der Waals surface area contributed by atoms with Crippen LogP contribution >= 0.6 is 11.6 Å². The van der Waals surface area contributed by atoms with Gasteiger partial charge in [-0.05, 0) is 48.2 Å². The minimum atomic E-state index is -0.375. The lowest BCUT2D eigenvalue weighted by Gasteiger charge is -2.12. The summed E-state index contributed by atoms with van der Waals surface area (Å²) >= 11 is 6.09. The van der Waals surface area contributed by atoms with Gasteiger partial charge in [-0.25, -0.2) is 0 Å². The number of benzene rings is 2. The highest BCUT2D eigenvalue weighted by Crippen LogP contribution is 2.32. The van der Waals surface area contributed by atoms with Crippen LogP contribution in [0.4, 0.5) is 5.69 Å². The molecule has 28 heavy (non-hydrogen) atoms. The number of likely N-dealkylation sites (N-methyl/N-ethyl adjacent to an activating group) is 1. The number of carbonyl (C=O) groups excluding carboxylic acids is 2. The van der Waals surface area contributed by atoms with Crippen molar-refractivity contribution in [2.24, 2.45) is 5.92 Å². The van der Waals surface area contributed by atoms with E-state index in [1.807, 2.05) is 25.1 Å². The van der Waals surface area contributed by atoms with Gasteiger partial charge >= 0.3 is 0 Å². The first-order valence-corrected chi connectivity index (χ1v) is 9.48. The van der Waals surface area contributed by atoms with Crippen molar-refractivity contribution in [2.45, 2.75) is 20.8 Å². The number of hydrogen-bond donors (Lipinski definition) is 1. The molecule has 1 aliphatic rings. The zero-order valence-corrected chi connectivity index (χ0v) is 17.1. The summed E-state index contributed by atoms with van der Waals surface area (Å²) < 4.78 is 5.70. The number of nitrogens with one attached hydrogen (secondary N) is 1. The molecule has 1 heterocycles. The van der Waals surface area contributed by atoms with Gasteiger partial charge in [0.05, 0.1) is 12.2 Å². The molecule has 0 bridgehead atoms. The molecule has 0 atom stereocenters. The Labute approximate surface area is 169 Å². The van der Waals surface area contributed by atoms with Crippen LogP contribution in [0, 0.1) is 12.8 Å². The van der Waals surface area contributed by atoms with Crippen LogP contribution in [-0.2, 0) is 9.59 Å². The van der Waals surface area contributed by atoms with Crippen molar-refractivity contribution in [3.05, 3.63) is 64.3 Å². The van der Waals surface area contributed by atoms with Gasteiger partial charge in [-0.1, -0.05) is 43.6 Å². The molecule has 3 rings (SSSR count). The first-order chi connectivity index (χ1) is 13.3. The van der Waals surface area contributed by atoms with Crippen LogP contribution in [0.5, 0.6) is 5.75 Å². The maximum atomic E-state index is 12.7. The summed E-state index contributed by atoms with van der Waals surface area (Å²) in [4.78, 5) is 26.5. The third-order valence-corrected chi connectivity index (χ3v) is 4.71. The molecule has 2 aromatic carbocycles. The Morgan fingerprint density at radius 2 is 1.75 bits per heavy atom. The minimum absolute atomic E-state index is 0.244. The highest BCUT2D eigenvalue weighted by molar-refractivity contribution is 6.36. The fourth-order valence-electron chi connectivity index (χ4n) is 2.87. The molecule has 146 valence electrons. The Morgan fingerprint density at radius 1 is 1.07 bits per heavy atom. The van der Waals surface area contributed by atoms with Crippen molar-refractivity contribution in [3.8, 4) is 5.75 Å². The second kappa shape index (κ2) is 8.07. The van der Waals surface area contributed by atoms with E-state index < -0.39 is 0 Å². The minimum Gasteiger partial charge on any atom is -0.493 e. The van der Waals surface area contributed by atoms with Crippen LogP contribution in [0.25, 0.3) is 5.57 Å². The number of aryl methyl sites for hydroxylation is 1. The van der Waals surface area contributed by atoms with Crippen molar-refractivity contribution in [3.63, 3.8) is 0 Å². The highest BCUT2D eigenvalue weighted by Gasteiger charge is 2.37. The predicted molar refractivity (Wildman–Crippen MR) is 111 cm³/mol. The van der Waals surface area contributed by atoms with Crippen LogP contribution in [0.3, 0.4) is 0 Å². The number of hydrogen-bond acceptors (Lipinski definition) is 4. The van der Waals surface area contributed by atoms with Gasteiger partial charge < -0.3 is 10.1 Å². The van der Waals surface area contributed by atoms with Crippen LogP contribution in [0.1, 0.15) is 25.0 Å². The van der Waals surface area contributed by atoms with E-state index in [0.717, 1.165) is 16.2 Å². The molecule has 5 nitrogen and oxygen atoms in total. The highest BCUT2D eigenvalue weighted by atomic mass is 35.5. The lowest BCUT2D eigenvalue weighted by molar-refractivity contribution is -0.135. The Balaban J connectivity index is 1.97. The van der Waals surface area contributed by atoms with E-state index in [4.69, 9.17) is 16.3 Å². The first kappa shape index (κ1) is 20.0. The number of imide groups is 1. The second-order valence-electron chi connectivity index (χ2n) is 7.23. The molecule has 6 heteroatoms. The maximum absolute atomic E-state index is 12.7. The molecular formula is C22H23ClN2O3. The van der Waals surface area contributed by atoms with Crippen LogP contribution in [-0.4, -0.2) is 30.4 Å². The van der Waals surface area contributed by atoms with Crippen molar-refractivity contribution in [1.29, 1.82) is 0 Å². The third kappa shape index (κ3) is 4.04. The monoisotopic (exact) mass is 398 g/mol. The summed E-state index contributed by atoms with van der Waals surface area (Å²) in [7, 11) is 1.48. The number of anilines is 1. The van der Waals surface area contributed by atoms with Crippen LogP contribution in [0.2, 0.25) is 5.02 Å². The fourth-order valence-corrected chi connectivity index (χ4v) is 3.04. The van der Waals surface area contributed by atoms with Gasteiger partial charge in [0.2, 0.25) is 0 Å². The van der Waals surface area contributed by atoms with E-state index in [9.17, 15) is 9.59 Å². The van der Waals surface area contributed by atoms with Crippen molar-refractivity contribution in [2.75, 3.05) is 19.0 Å². The van der Waals surface area contributed by atoms with Gasteiger partial charge in [0.15, 0.2) is 0 Å². The SMILES string of the molecule is Cc1ccc(Cl)cc1NC1=C(c2ccc(OCC(C)C)cc2)C(=O)N(C)C1=O. The molecule has 0 saturated carbocycles. The number of ether oxygens (including phenoxy) is 1. The van der Waals surface area contributed by atoms with E-state index in [-0.39, 0.29) is 17.5 Å². The molecule has 1 aliphatic heterocycles. The Morgan fingerprint density at radius 3 is 2.39 bits per heavy atom. The van der Waals surface area contributed by atoms with Crippen molar-refractivity contribution in [1.82, 2.24) is 4.90 Å². The van der Waals surface area contributed by atoms with Crippen molar-refractivity contribution >= 4 is 34.7 Å². The van der Waals surface area contributed by atoms with Crippen LogP contribution in [0.15, 0.2) is 48.2 Å². The maximum Gasteiger partial charge on any atom is 0.277 e. The normalized spacial score (nSPS) is 14.3.